The number of allylic oxidation sites excluding steroid dienone is 1. The van der Waals surface area contributed by atoms with Crippen molar-refractivity contribution in [3.63, 3.8) is 0 Å². The molecule has 0 nitrogen and oxygen atoms in total. The van der Waals surface area contributed by atoms with Gasteiger partial charge in [0.15, 0.2) is 5.83 Å². The van der Waals surface area contributed by atoms with E-state index in [1.165, 1.54) is 6.42 Å². The standard InChI is InChI=1S/C13H6F2/c14-11-7-9-5-1-3-8-4-2-6-10(12(8)9)13(11)15/h1-5,7H. The summed E-state index contributed by atoms with van der Waals surface area (Å²) in [7, 11) is 0. The van der Waals surface area contributed by atoms with Gasteiger partial charge in [-0.15, -0.1) is 0 Å². The van der Waals surface area contributed by atoms with E-state index in [1.54, 1.807) is 12.1 Å². The van der Waals surface area contributed by atoms with Crippen LogP contribution in [0.2, 0.25) is 0 Å². The van der Waals surface area contributed by atoms with Gasteiger partial charge in [0.1, 0.15) is 5.83 Å². The van der Waals surface area contributed by atoms with Crippen molar-refractivity contribution in [1.29, 1.82) is 0 Å². The maximum absolute atomic E-state index is 13.5. The van der Waals surface area contributed by atoms with Gasteiger partial charge in [-0.2, -0.15) is 0 Å². The molecule has 0 heterocycles. The summed E-state index contributed by atoms with van der Waals surface area (Å²) in [5, 5.41) is 1.64. The van der Waals surface area contributed by atoms with E-state index in [4.69, 9.17) is 0 Å². The van der Waals surface area contributed by atoms with Crippen LogP contribution >= 0.6 is 0 Å². The Hall–Kier alpha value is -1.70. The molecule has 0 fully saturated rings. The molecule has 1 aliphatic carbocycles. The summed E-state index contributed by atoms with van der Waals surface area (Å²) in [6.45, 7) is 0. The van der Waals surface area contributed by atoms with Gasteiger partial charge < -0.3 is 0 Å². The van der Waals surface area contributed by atoms with Crippen LogP contribution < -0.4 is 0 Å². The lowest BCUT2D eigenvalue weighted by molar-refractivity contribution is 0.615. The van der Waals surface area contributed by atoms with Crippen molar-refractivity contribution >= 4 is 16.6 Å². The van der Waals surface area contributed by atoms with Crippen molar-refractivity contribution in [1.82, 2.24) is 0 Å². The molecule has 0 spiro atoms. The summed E-state index contributed by atoms with van der Waals surface area (Å²) in [5.41, 5.74) is 0.932. The first-order valence-corrected chi connectivity index (χ1v) is 4.61. The molecule has 0 amide bonds. The van der Waals surface area contributed by atoms with Crippen LogP contribution in [0.15, 0.2) is 36.2 Å². The minimum absolute atomic E-state index is 0.225. The van der Waals surface area contributed by atoms with Crippen molar-refractivity contribution in [3.8, 4) is 0 Å². The average molecular weight is 200 g/mol. The molecule has 2 heteroatoms. The summed E-state index contributed by atoms with van der Waals surface area (Å²) in [4.78, 5) is 0. The van der Waals surface area contributed by atoms with Gasteiger partial charge in [0, 0.05) is 5.56 Å². The molecule has 0 atom stereocenters. The van der Waals surface area contributed by atoms with Crippen molar-refractivity contribution in [3.05, 3.63) is 59.8 Å². The van der Waals surface area contributed by atoms with Gasteiger partial charge in [-0.1, -0.05) is 30.3 Å². The maximum atomic E-state index is 13.5. The highest BCUT2D eigenvalue weighted by Gasteiger charge is 2.20. The number of hydrogen-bond donors (Lipinski definition) is 0. The molecule has 0 saturated carbocycles. The molecule has 0 saturated heterocycles. The number of hydrogen-bond acceptors (Lipinski definition) is 0. The monoisotopic (exact) mass is 200 g/mol. The lowest BCUT2D eigenvalue weighted by Gasteiger charge is -2.14. The second kappa shape index (κ2) is 2.89. The van der Waals surface area contributed by atoms with E-state index in [-0.39, 0.29) is 5.56 Å². The number of rotatable bonds is 0. The van der Waals surface area contributed by atoms with Gasteiger partial charge in [-0.3, -0.25) is 0 Å². The quantitative estimate of drug-likeness (QED) is 0.606. The largest absolute Gasteiger partial charge is 0.208 e. The highest BCUT2D eigenvalue weighted by atomic mass is 19.2. The summed E-state index contributed by atoms with van der Waals surface area (Å²) in [6, 6.07) is 11.7. The normalized spacial score (nSPS) is 14.8. The molecule has 0 unspecified atom stereocenters. The maximum Gasteiger partial charge on any atom is 0.163 e. The Kier molecular flexibility index (Phi) is 1.66. The van der Waals surface area contributed by atoms with E-state index in [9.17, 15) is 8.78 Å². The second-order valence-electron chi connectivity index (χ2n) is 3.47. The fourth-order valence-corrected chi connectivity index (χ4v) is 1.92. The molecule has 3 rings (SSSR count). The molecule has 0 N–H and O–H groups in total. The third-order valence-corrected chi connectivity index (χ3v) is 2.58. The lowest BCUT2D eigenvalue weighted by atomic mass is 9.92. The Labute approximate surface area is 85.8 Å². The minimum Gasteiger partial charge on any atom is -0.208 e. The molecular formula is C13H6F2. The third kappa shape index (κ3) is 1.11. The molecule has 15 heavy (non-hydrogen) atoms. The molecule has 2 aromatic rings. The zero-order valence-electron chi connectivity index (χ0n) is 7.72. The predicted molar refractivity (Wildman–Crippen MR) is 55.3 cm³/mol. The lowest BCUT2D eigenvalue weighted by Crippen LogP contribution is -1.97. The first-order valence-electron chi connectivity index (χ1n) is 4.61. The van der Waals surface area contributed by atoms with Crippen molar-refractivity contribution < 1.29 is 8.78 Å². The fourth-order valence-electron chi connectivity index (χ4n) is 1.92. The minimum atomic E-state index is -0.822. The van der Waals surface area contributed by atoms with E-state index in [0.29, 0.717) is 5.56 Å². The molecule has 0 bridgehead atoms. The third-order valence-electron chi connectivity index (χ3n) is 2.58. The fraction of sp³-hybridized carbons (Fsp3) is 0. The van der Waals surface area contributed by atoms with E-state index in [0.717, 1.165) is 10.8 Å². The van der Waals surface area contributed by atoms with Gasteiger partial charge in [-0.25, -0.2) is 8.78 Å². The van der Waals surface area contributed by atoms with E-state index in [1.807, 2.05) is 18.2 Å². The van der Waals surface area contributed by atoms with Crippen LogP contribution in [0.1, 0.15) is 11.1 Å². The van der Waals surface area contributed by atoms with Crippen LogP contribution in [0.4, 0.5) is 8.78 Å². The predicted octanol–water partition coefficient (Wildman–Crippen LogP) is 3.81. The first kappa shape index (κ1) is 8.60. The SMILES string of the molecule is FC1=C(F)c2[c]ccc3cccc(c23)[CH]1. The zero-order chi connectivity index (χ0) is 10.4. The van der Waals surface area contributed by atoms with Gasteiger partial charge in [0.25, 0.3) is 0 Å². The summed E-state index contributed by atoms with van der Waals surface area (Å²) < 4.78 is 26.7. The van der Waals surface area contributed by atoms with Crippen molar-refractivity contribution in [2.75, 3.05) is 0 Å². The van der Waals surface area contributed by atoms with Gasteiger partial charge in [0.2, 0.25) is 0 Å². The Balaban J connectivity index is 2.50. The van der Waals surface area contributed by atoms with Gasteiger partial charge in [0.05, 0.1) is 6.42 Å². The molecule has 2 aromatic carbocycles. The Morgan fingerprint density at radius 3 is 2.80 bits per heavy atom. The van der Waals surface area contributed by atoms with Crippen LogP contribution in [0.3, 0.4) is 0 Å². The van der Waals surface area contributed by atoms with Crippen molar-refractivity contribution in [2.24, 2.45) is 0 Å². The van der Waals surface area contributed by atoms with Crippen LogP contribution in [-0.2, 0) is 0 Å². The molecular weight excluding hydrogens is 194 g/mol. The number of benzene rings is 2. The van der Waals surface area contributed by atoms with Crippen molar-refractivity contribution in [2.45, 2.75) is 0 Å². The van der Waals surface area contributed by atoms with Gasteiger partial charge >= 0.3 is 0 Å². The van der Waals surface area contributed by atoms with E-state index >= 15 is 0 Å². The molecule has 0 aromatic heterocycles. The van der Waals surface area contributed by atoms with Crippen LogP contribution in [-0.4, -0.2) is 0 Å². The smallest absolute Gasteiger partial charge is 0.163 e. The second-order valence-corrected chi connectivity index (χ2v) is 3.47. The highest BCUT2D eigenvalue weighted by Crippen LogP contribution is 2.37. The summed E-state index contributed by atoms with van der Waals surface area (Å²) in [6.07, 6.45) is 1.22. The van der Waals surface area contributed by atoms with E-state index < -0.39 is 11.7 Å². The summed E-state index contributed by atoms with van der Waals surface area (Å²) in [5.74, 6) is -1.64. The molecule has 2 radical (unpaired) electrons. The Bertz CT molecular complexity index is 577. The average Bonchev–Trinajstić information content (AvgIpc) is 2.26. The Morgan fingerprint density at radius 2 is 1.93 bits per heavy atom. The van der Waals surface area contributed by atoms with Crippen LogP contribution in [0, 0.1) is 12.5 Å². The summed E-state index contributed by atoms with van der Waals surface area (Å²) >= 11 is 0. The van der Waals surface area contributed by atoms with Crippen LogP contribution in [0.5, 0.6) is 0 Å². The van der Waals surface area contributed by atoms with E-state index in [2.05, 4.69) is 6.07 Å². The zero-order valence-corrected chi connectivity index (χ0v) is 7.72. The number of halogens is 2. The highest BCUT2D eigenvalue weighted by molar-refractivity contribution is 5.98. The first-order chi connectivity index (χ1) is 7.27. The molecule has 72 valence electrons. The van der Waals surface area contributed by atoms with Crippen LogP contribution in [0.25, 0.3) is 16.6 Å². The Morgan fingerprint density at radius 1 is 1.07 bits per heavy atom. The molecule has 0 aliphatic heterocycles. The topological polar surface area (TPSA) is 0 Å². The molecule has 1 aliphatic rings. The van der Waals surface area contributed by atoms with Gasteiger partial charge in [-0.05, 0) is 22.4 Å².